The number of fused-ring (bicyclic) bond motifs is 1. The van der Waals surface area contributed by atoms with Crippen molar-refractivity contribution in [2.75, 3.05) is 19.5 Å². The fourth-order valence-electron chi connectivity index (χ4n) is 2.42. The minimum Gasteiger partial charge on any atom is -0.495 e. The van der Waals surface area contributed by atoms with Gasteiger partial charge in [0.05, 0.1) is 34.4 Å². The summed E-state index contributed by atoms with van der Waals surface area (Å²) in [6.45, 7) is 0. The Labute approximate surface area is 178 Å². The van der Waals surface area contributed by atoms with Gasteiger partial charge in [0, 0.05) is 17.7 Å². The zero-order valence-electron chi connectivity index (χ0n) is 15.0. The molecule has 0 aliphatic heterocycles. The first-order valence-electron chi connectivity index (χ1n) is 7.91. The molecular weight excluding hydrogens is 440 g/mol. The summed E-state index contributed by atoms with van der Waals surface area (Å²) < 4.78 is 10.9. The zero-order valence-corrected chi connectivity index (χ0v) is 17.4. The number of aromatic nitrogens is 1. The maximum absolute atomic E-state index is 12.4. The Morgan fingerprint density at radius 2 is 1.97 bits per heavy atom. The molecule has 0 spiro atoms. The molecule has 0 fully saturated rings. The number of amides is 1. The highest BCUT2D eigenvalue weighted by Gasteiger charge is 2.19. The van der Waals surface area contributed by atoms with Crippen LogP contribution >= 0.6 is 35.2 Å². The number of nitro benzene ring substituents is 1. The van der Waals surface area contributed by atoms with Gasteiger partial charge in [0.1, 0.15) is 5.75 Å². The van der Waals surface area contributed by atoms with E-state index >= 15 is 0 Å². The van der Waals surface area contributed by atoms with Crippen LogP contribution in [0.3, 0.4) is 0 Å². The average Bonchev–Trinajstić information content (AvgIpc) is 3.06. The number of ether oxygens (including phenoxy) is 2. The first-order chi connectivity index (χ1) is 13.8. The Kier molecular flexibility index (Phi) is 6.11. The number of hydrogen-bond acceptors (Lipinski definition) is 8. The predicted octanol–water partition coefficient (Wildman–Crippen LogP) is 4.00. The quantitative estimate of drug-likeness (QED) is 0.339. The third-order valence-corrected chi connectivity index (χ3v) is 5.18. The number of thiazole rings is 1. The van der Waals surface area contributed by atoms with Gasteiger partial charge in [0.15, 0.2) is 16.0 Å². The molecule has 3 aromatic rings. The molecular formula is C17H13ClN4O5S2. The van der Waals surface area contributed by atoms with E-state index in [0.717, 1.165) is 10.8 Å². The van der Waals surface area contributed by atoms with E-state index in [-0.39, 0.29) is 22.1 Å². The lowest BCUT2D eigenvalue weighted by Crippen LogP contribution is -2.34. The van der Waals surface area contributed by atoms with Crippen molar-refractivity contribution in [1.82, 2.24) is 10.3 Å². The molecule has 9 nitrogen and oxygen atoms in total. The Hall–Kier alpha value is -3.02. The van der Waals surface area contributed by atoms with Crippen LogP contribution in [-0.4, -0.2) is 35.1 Å². The monoisotopic (exact) mass is 452 g/mol. The summed E-state index contributed by atoms with van der Waals surface area (Å²) in [4.78, 5) is 27.2. The first-order valence-corrected chi connectivity index (χ1v) is 9.51. The van der Waals surface area contributed by atoms with E-state index in [2.05, 4.69) is 15.6 Å². The van der Waals surface area contributed by atoms with Crippen molar-refractivity contribution in [1.29, 1.82) is 0 Å². The van der Waals surface area contributed by atoms with Crippen LogP contribution in [0, 0.1) is 10.1 Å². The molecule has 0 unspecified atom stereocenters. The number of nitro groups is 1. The molecule has 0 aliphatic rings. The Morgan fingerprint density at radius 1 is 1.24 bits per heavy atom. The number of carbonyl (C=O) groups is 1. The predicted molar refractivity (Wildman–Crippen MR) is 115 cm³/mol. The summed E-state index contributed by atoms with van der Waals surface area (Å²) in [5, 5.41) is 17.2. The van der Waals surface area contributed by atoms with Gasteiger partial charge >= 0.3 is 5.69 Å². The van der Waals surface area contributed by atoms with Gasteiger partial charge in [-0.15, -0.1) is 0 Å². The Balaban J connectivity index is 1.74. The molecule has 1 aromatic heterocycles. The van der Waals surface area contributed by atoms with E-state index in [4.69, 9.17) is 33.3 Å². The zero-order chi connectivity index (χ0) is 21.1. The van der Waals surface area contributed by atoms with Crippen molar-refractivity contribution in [3.8, 4) is 11.5 Å². The van der Waals surface area contributed by atoms with Gasteiger partial charge < -0.3 is 14.8 Å². The molecule has 0 saturated heterocycles. The van der Waals surface area contributed by atoms with E-state index in [1.54, 1.807) is 12.1 Å². The number of carbonyl (C=O) groups excluding carboxylic acids is 1. The number of anilines is 1. The number of nitrogens with zero attached hydrogens (tertiary/aromatic N) is 2. The van der Waals surface area contributed by atoms with Crippen molar-refractivity contribution in [3.05, 3.63) is 51.0 Å². The molecule has 3 rings (SSSR count). The number of rotatable bonds is 5. The molecule has 29 heavy (non-hydrogen) atoms. The number of benzene rings is 2. The highest BCUT2D eigenvalue weighted by Crippen LogP contribution is 2.34. The minimum absolute atomic E-state index is 0.00871. The van der Waals surface area contributed by atoms with Crippen molar-refractivity contribution in [2.45, 2.75) is 0 Å². The highest BCUT2D eigenvalue weighted by atomic mass is 35.5. The van der Waals surface area contributed by atoms with Gasteiger partial charge in [-0.2, -0.15) is 0 Å². The van der Waals surface area contributed by atoms with Crippen LogP contribution in [0.2, 0.25) is 5.02 Å². The normalized spacial score (nSPS) is 10.4. The van der Waals surface area contributed by atoms with Crippen molar-refractivity contribution in [2.24, 2.45) is 0 Å². The van der Waals surface area contributed by atoms with Crippen LogP contribution in [0.15, 0.2) is 30.3 Å². The van der Waals surface area contributed by atoms with E-state index < -0.39 is 10.8 Å². The van der Waals surface area contributed by atoms with Gasteiger partial charge in [0.25, 0.3) is 5.91 Å². The van der Waals surface area contributed by atoms with Crippen LogP contribution in [0.5, 0.6) is 11.5 Å². The van der Waals surface area contributed by atoms with Gasteiger partial charge in [-0.05, 0) is 30.4 Å². The second-order valence-corrected chi connectivity index (χ2v) is 7.37. The minimum atomic E-state index is -0.632. The molecule has 0 bridgehead atoms. The van der Waals surface area contributed by atoms with Gasteiger partial charge in [-0.25, -0.2) is 4.98 Å². The molecule has 2 aromatic carbocycles. The fourth-order valence-corrected chi connectivity index (χ4v) is 3.79. The van der Waals surface area contributed by atoms with Crippen molar-refractivity contribution in [3.63, 3.8) is 0 Å². The summed E-state index contributed by atoms with van der Waals surface area (Å²) in [5.74, 6) is -0.0405. The fraction of sp³-hybridized carbons (Fsp3) is 0.118. The Morgan fingerprint density at radius 3 is 2.62 bits per heavy atom. The summed E-state index contributed by atoms with van der Waals surface area (Å²) >= 11 is 12.5. The molecule has 150 valence electrons. The smallest absolute Gasteiger partial charge is 0.311 e. The lowest BCUT2D eigenvalue weighted by molar-refractivity contribution is -0.385. The van der Waals surface area contributed by atoms with Crippen LogP contribution < -0.4 is 20.1 Å². The molecule has 1 heterocycles. The summed E-state index contributed by atoms with van der Waals surface area (Å²) in [7, 11) is 2.82. The van der Waals surface area contributed by atoms with E-state index in [1.165, 1.54) is 37.7 Å². The maximum atomic E-state index is 12.4. The molecule has 0 atom stereocenters. The number of methoxy groups -OCH3 is 2. The summed E-state index contributed by atoms with van der Waals surface area (Å²) in [6, 6.07) is 7.26. The molecule has 0 saturated carbocycles. The summed E-state index contributed by atoms with van der Waals surface area (Å²) in [6.07, 6.45) is 0. The van der Waals surface area contributed by atoms with Gasteiger partial charge in [-0.3, -0.25) is 20.2 Å². The number of nitrogens with one attached hydrogen (secondary N) is 2. The third-order valence-electron chi connectivity index (χ3n) is 3.75. The van der Waals surface area contributed by atoms with Crippen LogP contribution in [0.4, 0.5) is 10.8 Å². The van der Waals surface area contributed by atoms with Gasteiger partial charge in [0.2, 0.25) is 0 Å². The van der Waals surface area contributed by atoms with E-state index in [9.17, 15) is 14.9 Å². The molecule has 2 N–H and O–H groups in total. The third kappa shape index (κ3) is 4.53. The molecule has 0 aliphatic carbocycles. The van der Waals surface area contributed by atoms with E-state index in [1.807, 2.05) is 0 Å². The lowest BCUT2D eigenvalue weighted by Gasteiger charge is -2.08. The van der Waals surface area contributed by atoms with Crippen molar-refractivity contribution >= 4 is 67.2 Å². The standard InChI is InChI=1S/C17H13ClN4O5S2/c1-26-12-4-3-8(5-11(12)22(24)25)15(23)20-16(28)21-17-19-10-6-9(18)13(27-2)7-14(10)29-17/h3-7H,1-2H3,(H2,19,20,21,23,28). The van der Waals surface area contributed by atoms with E-state index in [0.29, 0.717) is 21.4 Å². The topological polar surface area (TPSA) is 116 Å². The van der Waals surface area contributed by atoms with Gasteiger partial charge in [-0.1, -0.05) is 22.9 Å². The average molecular weight is 453 g/mol. The van der Waals surface area contributed by atoms with Crippen LogP contribution in [-0.2, 0) is 0 Å². The second kappa shape index (κ2) is 8.55. The maximum Gasteiger partial charge on any atom is 0.311 e. The first kappa shape index (κ1) is 20.7. The number of halogens is 1. The second-order valence-electron chi connectivity index (χ2n) is 5.53. The Bertz CT molecular complexity index is 1130. The SMILES string of the molecule is COc1cc2sc(NC(=S)NC(=O)c3ccc(OC)c([N+](=O)[O-])c3)nc2cc1Cl. The van der Waals surface area contributed by atoms with Crippen LogP contribution in [0.1, 0.15) is 10.4 Å². The number of hydrogen-bond donors (Lipinski definition) is 2. The highest BCUT2D eigenvalue weighted by molar-refractivity contribution is 7.80. The molecule has 1 amide bonds. The largest absolute Gasteiger partial charge is 0.495 e. The van der Waals surface area contributed by atoms with Crippen LogP contribution in [0.25, 0.3) is 10.2 Å². The number of thiocarbonyl (C=S) groups is 1. The lowest BCUT2D eigenvalue weighted by atomic mass is 10.2. The van der Waals surface area contributed by atoms with Crippen molar-refractivity contribution < 1.29 is 19.2 Å². The molecule has 0 radical (unpaired) electrons. The summed E-state index contributed by atoms with van der Waals surface area (Å²) in [5.41, 5.74) is 0.377. The molecule has 12 heteroatoms.